The molecule has 0 saturated carbocycles. The third kappa shape index (κ3) is 2.61. The van der Waals surface area contributed by atoms with Crippen LogP contribution in [0.25, 0.3) is 10.9 Å². The summed E-state index contributed by atoms with van der Waals surface area (Å²) in [6, 6.07) is 4.49. The van der Waals surface area contributed by atoms with Gasteiger partial charge in [-0.25, -0.2) is 4.79 Å². The van der Waals surface area contributed by atoms with Crippen LogP contribution in [0.5, 0.6) is 0 Å². The van der Waals surface area contributed by atoms with Crippen molar-refractivity contribution >= 4 is 28.6 Å². The van der Waals surface area contributed by atoms with Crippen LogP contribution >= 0.6 is 11.6 Å². The number of carbonyl (C=O) groups excluding carboxylic acids is 1. The fourth-order valence-corrected chi connectivity index (χ4v) is 2.89. The van der Waals surface area contributed by atoms with Crippen molar-refractivity contribution in [3.8, 4) is 0 Å². The molecule has 0 spiro atoms. The molecule has 0 amide bonds. The summed E-state index contributed by atoms with van der Waals surface area (Å²) in [6.45, 7) is 1.67. The van der Waals surface area contributed by atoms with Crippen molar-refractivity contribution in [1.82, 2.24) is 4.57 Å². The van der Waals surface area contributed by atoms with Crippen molar-refractivity contribution < 1.29 is 22.7 Å². The van der Waals surface area contributed by atoms with Gasteiger partial charge in [-0.15, -0.1) is 11.6 Å². The highest BCUT2D eigenvalue weighted by Gasteiger charge is 2.37. The lowest BCUT2D eigenvalue weighted by atomic mass is 9.86. The third-order valence-corrected chi connectivity index (χ3v) is 4.35. The molecule has 3 rings (SSSR count). The summed E-state index contributed by atoms with van der Waals surface area (Å²) < 4.78 is 45.6. The Bertz CT molecular complexity index is 809. The second kappa shape index (κ2) is 5.30. The van der Waals surface area contributed by atoms with Crippen LogP contribution in [-0.4, -0.2) is 17.3 Å². The van der Waals surface area contributed by atoms with Gasteiger partial charge in [-0.05, 0) is 31.0 Å². The van der Waals surface area contributed by atoms with Gasteiger partial charge in [0.1, 0.15) is 0 Å². The molecule has 1 heterocycles. The quantitative estimate of drug-likeness (QED) is 0.564. The molecular weight excluding hydrogens is 331 g/mol. The van der Waals surface area contributed by atoms with Crippen LogP contribution in [0.2, 0.25) is 0 Å². The lowest BCUT2D eigenvalue weighted by molar-refractivity contribution is -0.136. The summed E-state index contributed by atoms with van der Waals surface area (Å²) in [4.78, 5) is 11.1. The number of rotatable bonds is 2. The van der Waals surface area contributed by atoms with Crippen LogP contribution in [0.1, 0.15) is 24.5 Å². The highest BCUT2D eigenvalue weighted by Crippen LogP contribution is 2.44. The number of hydrogen-bond donors (Lipinski definition) is 0. The van der Waals surface area contributed by atoms with E-state index in [4.69, 9.17) is 16.3 Å². The first-order valence-electron chi connectivity index (χ1n) is 7.03. The van der Waals surface area contributed by atoms with Crippen molar-refractivity contribution in [3.05, 3.63) is 47.7 Å². The molecule has 0 radical (unpaired) electrons. The van der Waals surface area contributed by atoms with Crippen LogP contribution in [0, 0.1) is 0 Å². The summed E-state index contributed by atoms with van der Waals surface area (Å²) in [7, 11) is 0. The number of hydrogen-bond acceptors (Lipinski definition) is 2. The van der Waals surface area contributed by atoms with E-state index in [9.17, 15) is 18.0 Å². The Morgan fingerprint density at radius 3 is 2.65 bits per heavy atom. The minimum absolute atomic E-state index is 0.0663. The van der Waals surface area contributed by atoms with Gasteiger partial charge in [-0.3, -0.25) is 4.57 Å². The molecule has 7 heteroatoms. The maximum Gasteiger partial charge on any atom is 0.418 e. The van der Waals surface area contributed by atoms with E-state index in [2.05, 4.69) is 0 Å². The average Bonchev–Trinajstić information content (AvgIpc) is 2.83. The molecule has 0 saturated heterocycles. The van der Waals surface area contributed by atoms with Crippen molar-refractivity contribution in [3.63, 3.8) is 0 Å². The fourth-order valence-electron chi connectivity index (χ4n) is 2.60. The molecule has 1 aliphatic rings. The van der Waals surface area contributed by atoms with E-state index >= 15 is 0 Å². The summed E-state index contributed by atoms with van der Waals surface area (Å²) >= 11 is 6.35. The van der Waals surface area contributed by atoms with Crippen LogP contribution in [0.4, 0.5) is 18.0 Å². The number of ether oxygens (including phenoxy) is 1. The number of aromatic nitrogens is 1. The molecule has 1 aromatic carbocycles. The first-order valence-corrected chi connectivity index (χ1v) is 7.40. The lowest BCUT2D eigenvalue weighted by Gasteiger charge is -2.29. The summed E-state index contributed by atoms with van der Waals surface area (Å²) in [6.07, 6.45) is -0.505. The summed E-state index contributed by atoms with van der Waals surface area (Å²) in [5, 5.41) is -0.0663. The number of allylic oxidation sites excluding steroid dienone is 2. The highest BCUT2D eigenvalue weighted by atomic mass is 35.5. The van der Waals surface area contributed by atoms with Crippen LogP contribution < -0.4 is 0 Å². The number of halogens is 4. The molecule has 0 aliphatic heterocycles. The monoisotopic (exact) mass is 343 g/mol. The van der Waals surface area contributed by atoms with Gasteiger partial charge in [-0.2, -0.15) is 13.2 Å². The van der Waals surface area contributed by atoms with Crippen LogP contribution in [-0.2, 0) is 15.8 Å². The lowest BCUT2D eigenvalue weighted by Crippen LogP contribution is -2.20. The van der Waals surface area contributed by atoms with Gasteiger partial charge < -0.3 is 4.74 Å². The minimum Gasteiger partial charge on any atom is -0.449 e. The van der Waals surface area contributed by atoms with E-state index in [1.807, 2.05) is 6.08 Å². The van der Waals surface area contributed by atoms with Crippen LogP contribution in [0.3, 0.4) is 0 Å². The molecule has 0 fully saturated rings. The Morgan fingerprint density at radius 2 is 2.13 bits per heavy atom. The second-order valence-electron chi connectivity index (χ2n) is 5.31. The standard InChI is InChI=1S/C16H13ClF3NO2/c1-2-23-14(22)21-9-12(16(18,19)20)11-8-10(4-5-13(11)21)15(17)6-3-7-15/h3-6,8-9H,2,7H2,1H3. The van der Waals surface area contributed by atoms with Gasteiger partial charge in [0.2, 0.25) is 0 Å². The van der Waals surface area contributed by atoms with Gasteiger partial charge in [0.25, 0.3) is 0 Å². The Balaban J connectivity index is 2.21. The smallest absolute Gasteiger partial charge is 0.418 e. The van der Waals surface area contributed by atoms with Crippen molar-refractivity contribution in [2.75, 3.05) is 6.61 Å². The normalized spacial score (nSPS) is 20.6. The minimum atomic E-state index is -4.58. The Hall–Kier alpha value is -1.95. The highest BCUT2D eigenvalue weighted by molar-refractivity contribution is 6.26. The van der Waals surface area contributed by atoms with Gasteiger partial charge >= 0.3 is 12.3 Å². The number of nitrogens with zero attached hydrogens (tertiary/aromatic N) is 1. The van der Waals surface area contributed by atoms with E-state index in [-0.39, 0.29) is 17.5 Å². The SMILES string of the molecule is CCOC(=O)n1cc(C(F)(F)F)c2cc(C3(Cl)C=CC3)ccc21. The number of carbonyl (C=O) groups is 1. The molecule has 0 bridgehead atoms. The molecule has 3 nitrogen and oxygen atoms in total. The second-order valence-corrected chi connectivity index (χ2v) is 5.98. The van der Waals surface area contributed by atoms with E-state index in [1.54, 1.807) is 19.1 Å². The zero-order valence-corrected chi connectivity index (χ0v) is 12.9. The zero-order valence-electron chi connectivity index (χ0n) is 12.2. The van der Waals surface area contributed by atoms with Crippen molar-refractivity contribution in [2.24, 2.45) is 0 Å². The molecule has 122 valence electrons. The number of alkyl halides is 4. The van der Waals surface area contributed by atoms with Crippen molar-refractivity contribution in [2.45, 2.75) is 24.4 Å². The van der Waals surface area contributed by atoms with E-state index in [0.717, 1.165) is 10.8 Å². The first kappa shape index (κ1) is 15.9. The first-order chi connectivity index (χ1) is 10.8. The maximum atomic E-state index is 13.3. The Morgan fingerprint density at radius 1 is 1.43 bits per heavy atom. The molecule has 1 aliphatic carbocycles. The maximum absolute atomic E-state index is 13.3. The van der Waals surface area contributed by atoms with Crippen molar-refractivity contribution in [1.29, 1.82) is 0 Å². The summed E-state index contributed by atoms with van der Waals surface area (Å²) in [5.74, 6) is 0. The number of fused-ring (bicyclic) bond motifs is 1. The molecule has 2 aromatic rings. The molecule has 1 atom stereocenters. The van der Waals surface area contributed by atoms with Gasteiger partial charge in [0, 0.05) is 11.6 Å². The average molecular weight is 344 g/mol. The molecular formula is C16H13ClF3NO2. The topological polar surface area (TPSA) is 31.2 Å². The molecule has 0 N–H and O–H groups in total. The third-order valence-electron chi connectivity index (χ3n) is 3.85. The van der Waals surface area contributed by atoms with Gasteiger partial charge in [-0.1, -0.05) is 18.2 Å². The van der Waals surface area contributed by atoms with E-state index < -0.39 is 22.7 Å². The molecule has 1 aromatic heterocycles. The predicted molar refractivity (Wildman–Crippen MR) is 80.6 cm³/mol. The van der Waals surface area contributed by atoms with Gasteiger partial charge in [0.15, 0.2) is 0 Å². The molecule has 23 heavy (non-hydrogen) atoms. The van der Waals surface area contributed by atoms with E-state index in [0.29, 0.717) is 12.0 Å². The number of benzene rings is 1. The largest absolute Gasteiger partial charge is 0.449 e. The zero-order chi connectivity index (χ0) is 16.8. The predicted octanol–water partition coefficient (Wildman–Crippen LogP) is 5.06. The Labute approximate surface area is 135 Å². The van der Waals surface area contributed by atoms with Gasteiger partial charge in [0.05, 0.1) is 22.6 Å². The summed E-state index contributed by atoms with van der Waals surface area (Å²) in [5.41, 5.74) is -0.171. The fraction of sp³-hybridized carbons (Fsp3) is 0.312. The van der Waals surface area contributed by atoms with E-state index in [1.165, 1.54) is 12.1 Å². The molecule has 1 unspecified atom stereocenters. The van der Waals surface area contributed by atoms with Crippen LogP contribution in [0.15, 0.2) is 36.5 Å². The Kier molecular flexibility index (Phi) is 3.67.